The van der Waals surface area contributed by atoms with Gasteiger partial charge < -0.3 is 5.32 Å². The fourth-order valence-corrected chi connectivity index (χ4v) is 4.97. The SMILES string of the molecule is CC(=O)Nc1cccc(O)c1[As](=O)(O)O.CC(C)CC1C(=O)Nc2ccc([N+](=O)[O-])cc21. The van der Waals surface area contributed by atoms with Gasteiger partial charge >= 0.3 is 88.1 Å². The molecule has 0 spiro atoms. The largest absolute Gasteiger partial charge is 0.325 e. The number of nitro benzene ring substituents is 1. The van der Waals surface area contributed by atoms with Gasteiger partial charge in [0, 0.05) is 17.8 Å². The minimum absolute atomic E-state index is 0.0361. The number of rotatable bonds is 5. The Morgan fingerprint density at radius 1 is 1.28 bits per heavy atom. The molecule has 0 radical (unpaired) electrons. The minimum atomic E-state index is -5.25. The molecule has 0 saturated carbocycles. The molecule has 2 aromatic carbocycles. The van der Waals surface area contributed by atoms with E-state index in [9.17, 15) is 28.5 Å². The van der Waals surface area contributed by atoms with Crippen molar-refractivity contribution in [2.24, 2.45) is 5.92 Å². The Balaban J connectivity index is 0.000000229. The van der Waals surface area contributed by atoms with Gasteiger partial charge in [-0.05, 0) is 24.0 Å². The molecule has 172 valence electrons. The number of benzene rings is 2. The van der Waals surface area contributed by atoms with Crippen LogP contribution in [0, 0.1) is 16.0 Å². The molecule has 1 unspecified atom stereocenters. The minimum Gasteiger partial charge on any atom is -0.325 e. The first-order valence-corrected chi connectivity index (χ1v) is 12.9. The Labute approximate surface area is 186 Å². The van der Waals surface area contributed by atoms with Gasteiger partial charge in [-0.15, -0.1) is 0 Å². The summed E-state index contributed by atoms with van der Waals surface area (Å²) in [6.07, 6.45) is 0.708. The third kappa shape index (κ3) is 6.19. The van der Waals surface area contributed by atoms with Crippen molar-refractivity contribution >= 4 is 47.4 Å². The molecule has 0 fully saturated rings. The third-order valence-electron chi connectivity index (χ3n) is 4.52. The number of amides is 2. The zero-order valence-corrected chi connectivity index (χ0v) is 19.5. The van der Waals surface area contributed by atoms with Gasteiger partial charge in [0.15, 0.2) is 0 Å². The van der Waals surface area contributed by atoms with Crippen molar-refractivity contribution in [3.8, 4) is 5.75 Å². The number of nitrogens with one attached hydrogen (secondary N) is 2. The predicted molar refractivity (Wildman–Crippen MR) is 117 cm³/mol. The van der Waals surface area contributed by atoms with Crippen LogP contribution in [0.1, 0.15) is 38.7 Å². The Morgan fingerprint density at radius 2 is 1.94 bits per heavy atom. The van der Waals surface area contributed by atoms with Crippen LogP contribution >= 0.6 is 0 Å². The van der Waals surface area contributed by atoms with Crippen LogP contribution in [-0.4, -0.2) is 44.2 Å². The Morgan fingerprint density at radius 3 is 2.47 bits per heavy atom. The summed E-state index contributed by atoms with van der Waals surface area (Å²) in [6, 6.07) is 8.37. The van der Waals surface area contributed by atoms with Crippen molar-refractivity contribution in [2.45, 2.75) is 33.1 Å². The van der Waals surface area contributed by atoms with Crippen molar-refractivity contribution in [2.75, 3.05) is 10.6 Å². The fraction of sp³-hybridized carbons (Fsp3) is 0.300. The first kappa shape index (κ1) is 25.1. The molecular formula is C20H24AsN3O8. The molecule has 5 N–H and O–H groups in total. The Hall–Kier alpha value is -3.14. The van der Waals surface area contributed by atoms with Gasteiger partial charge in [0.05, 0.1) is 10.8 Å². The van der Waals surface area contributed by atoms with E-state index in [1.807, 2.05) is 13.8 Å². The number of aromatic hydroxyl groups is 1. The van der Waals surface area contributed by atoms with E-state index in [0.29, 0.717) is 18.0 Å². The molecule has 12 heteroatoms. The number of hydrogen-bond donors (Lipinski definition) is 5. The van der Waals surface area contributed by atoms with Gasteiger partial charge in [-0.2, -0.15) is 0 Å². The fourth-order valence-electron chi connectivity index (χ4n) is 3.26. The molecule has 1 atom stereocenters. The summed E-state index contributed by atoms with van der Waals surface area (Å²) in [6.45, 7) is 5.27. The van der Waals surface area contributed by atoms with Crippen molar-refractivity contribution in [3.63, 3.8) is 0 Å². The standard InChI is InChI=1S/C12H14N2O3.C8H10AsNO5/c1-7(2)5-10-9-6-8(14(16)17)3-4-11(9)13-12(10)15;1-5(11)10-6-3-2-4-7(12)8(6)9(13,14)15/h3-4,6-7,10H,5H2,1-2H3,(H,13,15);2-4,12H,1H3,(H,10,11)(H2,13,14,15). The van der Waals surface area contributed by atoms with Crippen LogP contribution < -0.4 is 15.0 Å². The molecule has 0 aromatic heterocycles. The molecular weight excluding hydrogens is 485 g/mol. The van der Waals surface area contributed by atoms with E-state index in [-0.39, 0.29) is 23.2 Å². The molecule has 1 aliphatic rings. The predicted octanol–water partition coefficient (Wildman–Crippen LogP) is 1.59. The van der Waals surface area contributed by atoms with Crippen molar-refractivity contribution < 1.29 is 31.5 Å². The van der Waals surface area contributed by atoms with E-state index in [4.69, 9.17) is 8.19 Å². The maximum Gasteiger partial charge on any atom is 0.269 e. The number of carbonyl (C=O) groups excluding carboxylic acids is 2. The quantitative estimate of drug-likeness (QED) is 0.229. The second kappa shape index (κ2) is 9.99. The van der Waals surface area contributed by atoms with Crippen LogP contribution in [0.2, 0.25) is 0 Å². The van der Waals surface area contributed by atoms with E-state index in [1.165, 1.54) is 31.2 Å². The monoisotopic (exact) mass is 509 g/mol. The van der Waals surface area contributed by atoms with E-state index in [0.717, 1.165) is 11.6 Å². The summed E-state index contributed by atoms with van der Waals surface area (Å²) in [7, 11) is 0. The van der Waals surface area contributed by atoms with Crippen LogP contribution in [0.25, 0.3) is 0 Å². The first-order valence-electron chi connectivity index (χ1n) is 9.56. The van der Waals surface area contributed by atoms with Crippen molar-refractivity contribution in [3.05, 3.63) is 52.1 Å². The van der Waals surface area contributed by atoms with E-state index < -0.39 is 35.1 Å². The van der Waals surface area contributed by atoms with Crippen LogP contribution in [0.4, 0.5) is 17.1 Å². The molecule has 1 aliphatic heterocycles. The van der Waals surface area contributed by atoms with Gasteiger partial charge in [-0.25, -0.2) is 0 Å². The van der Waals surface area contributed by atoms with Gasteiger partial charge in [0.1, 0.15) is 0 Å². The van der Waals surface area contributed by atoms with E-state index >= 15 is 0 Å². The summed E-state index contributed by atoms with van der Waals surface area (Å²) in [4.78, 5) is 32.8. The molecule has 2 aromatic rings. The smallest absolute Gasteiger partial charge is 0.269 e. The van der Waals surface area contributed by atoms with Crippen LogP contribution in [0.3, 0.4) is 0 Å². The topological polar surface area (TPSA) is 179 Å². The van der Waals surface area contributed by atoms with Crippen LogP contribution in [-0.2, 0) is 13.3 Å². The normalized spacial score (nSPS) is 14.8. The van der Waals surface area contributed by atoms with Crippen LogP contribution in [0.15, 0.2) is 36.4 Å². The molecule has 11 nitrogen and oxygen atoms in total. The average Bonchev–Trinajstić information content (AvgIpc) is 2.95. The summed E-state index contributed by atoms with van der Waals surface area (Å²) < 4.78 is 28.6. The van der Waals surface area contributed by atoms with Gasteiger partial charge in [-0.3, -0.25) is 14.9 Å². The molecule has 1 heterocycles. The summed E-state index contributed by atoms with van der Waals surface area (Å²) in [5, 5.41) is 25.0. The van der Waals surface area contributed by atoms with E-state index in [1.54, 1.807) is 6.07 Å². The number of phenolic OH excluding ortho intramolecular Hbond substituents is 1. The molecule has 0 bridgehead atoms. The number of anilines is 2. The first-order chi connectivity index (χ1) is 14.8. The van der Waals surface area contributed by atoms with Crippen molar-refractivity contribution in [1.29, 1.82) is 0 Å². The second-order valence-corrected chi connectivity index (χ2v) is 10.8. The second-order valence-electron chi connectivity index (χ2n) is 7.60. The van der Waals surface area contributed by atoms with Crippen LogP contribution in [0.5, 0.6) is 5.75 Å². The Bertz CT molecular complexity index is 1100. The zero-order valence-electron chi connectivity index (χ0n) is 17.6. The third-order valence-corrected chi connectivity index (χ3v) is 6.73. The number of phenols is 1. The molecule has 0 saturated heterocycles. The summed E-state index contributed by atoms with van der Waals surface area (Å²) in [5.74, 6) is -0.936. The average molecular weight is 509 g/mol. The zero-order chi connectivity index (χ0) is 24.2. The molecule has 0 aliphatic carbocycles. The van der Waals surface area contributed by atoms with Gasteiger partial charge in [-0.1, -0.05) is 13.8 Å². The molecule has 32 heavy (non-hydrogen) atoms. The molecule has 3 rings (SSSR count). The maximum absolute atomic E-state index is 11.8. The maximum atomic E-state index is 11.8. The number of hydrogen-bond acceptors (Lipinski definition) is 6. The number of carbonyl (C=O) groups is 2. The molecule has 2 amide bonds. The summed E-state index contributed by atoms with van der Waals surface area (Å²) >= 11 is -5.25. The number of non-ortho nitro benzene ring substituents is 1. The number of fused-ring (bicyclic) bond motifs is 1. The number of nitrogens with zero attached hydrogens (tertiary/aromatic N) is 1. The van der Waals surface area contributed by atoms with Crippen molar-refractivity contribution in [1.82, 2.24) is 0 Å². The van der Waals surface area contributed by atoms with Gasteiger partial charge in [0.2, 0.25) is 5.91 Å². The Kier molecular flexibility index (Phi) is 7.84. The summed E-state index contributed by atoms with van der Waals surface area (Å²) in [5.41, 5.74) is 1.42. The van der Waals surface area contributed by atoms with E-state index in [2.05, 4.69) is 10.6 Å². The van der Waals surface area contributed by atoms with Gasteiger partial charge in [0.25, 0.3) is 5.69 Å². The number of nitro groups is 1.